The maximum Gasteiger partial charge on any atom is 0.253 e. The van der Waals surface area contributed by atoms with E-state index in [1.807, 2.05) is 46.1 Å². The number of hydrogen-bond acceptors (Lipinski definition) is 3. The van der Waals surface area contributed by atoms with Crippen molar-refractivity contribution >= 4 is 5.91 Å². The van der Waals surface area contributed by atoms with Crippen molar-refractivity contribution in [1.29, 1.82) is 0 Å². The first-order chi connectivity index (χ1) is 10.8. The van der Waals surface area contributed by atoms with E-state index in [0.717, 1.165) is 51.1 Å². The second-order valence-corrected chi connectivity index (χ2v) is 5.64. The lowest BCUT2D eigenvalue weighted by Gasteiger charge is -2.15. The first kappa shape index (κ1) is 14.8. The van der Waals surface area contributed by atoms with Crippen LogP contribution < -0.4 is 5.32 Å². The van der Waals surface area contributed by atoms with E-state index < -0.39 is 0 Å². The van der Waals surface area contributed by atoms with Crippen molar-refractivity contribution in [3.05, 3.63) is 53.9 Å². The SMILES string of the molecule is O=C(c1ccc(CNCCn2cccn2)cc1)N1CCCC1. The number of nitrogens with zero attached hydrogens (tertiary/aromatic N) is 3. The number of aromatic nitrogens is 2. The van der Waals surface area contributed by atoms with Gasteiger partial charge in [-0.15, -0.1) is 0 Å². The number of carbonyl (C=O) groups is 1. The summed E-state index contributed by atoms with van der Waals surface area (Å²) in [7, 11) is 0. The summed E-state index contributed by atoms with van der Waals surface area (Å²) in [5.74, 6) is 0.163. The summed E-state index contributed by atoms with van der Waals surface area (Å²) >= 11 is 0. The van der Waals surface area contributed by atoms with Crippen molar-refractivity contribution in [1.82, 2.24) is 20.0 Å². The predicted octanol–water partition coefficient (Wildman–Crippen LogP) is 1.91. The average Bonchev–Trinajstić information content (AvgIpc) is 3.25. The van der Waals surface area contributed by atoms with Crippen molar-refractivity contribution in [3.8, 4) is 0 Å². The molecule has 5 nitrogen and oxygen atoms in total. The molecule has 116 valence electrons. The number of benzene rings is 1. The summed E-state index contributed by atoms with van der Waals surface area (Å²) in [6.45, 7) is 4.33. The largest absolute Gasteiger partial charge is 0.339 e. The minimum absolute atomic E-state index is 0.163. The van der Waals surface area contributed by atoms with E-state index in [2.05, 4.69) is 10.4 Å². The van der Waals surface area contributed by atoms with Crippen LogP contribution in [0.15, 0.2) is 42.7 Å². The molecule has 1 amide bonds. The predicted molar refractivity (Wildman–Crippen MR) is 85.5 cm³/mol. The quantitative estimate of drug-likeness (QED) is 0.829. The number of amides is 1. The fourth-order valence-electron chi connectivity index (χ4n) is 2.73. The summed E-state index contributed by atoms with van der Waals surface area (Å²) in [6.07, 6.45) is 6.00. The number of hydrogen-bond donors (Lipinski definition) is 1. The minimum Gasteiger partial charge on any atom is -0.339 e. The Kier molecular flexibility index (Phi) is 4.85. The molecule has 1 saturated heterocycles. The molecule has 1 N–H and O–H groups in total. The molecule has 0 radical (unpaired) electrons. The van der Waals surface area contributed by atoms with Crippen LogP contribution in [-0.4, -0.2) is 40.2 Å². The van der Waals surface area contributed by atoms with Gasteiger partial charge in [-0.2, -0.15) is 5.10 Å². The van der Waals surface area contributed by atoms with E-state index in [4.69, 9.17) is 0 Å². The van der Waals surface area contributed by atoms with Gasteiger partial charge < -0.3 is 10.2 Å². The zero-order chi connectivity index (χ0) is 15.2. The molecule has 0 saturated carbocycles. The Morgan fingerprint density at radius 1 is 1.18 bits per heavy atom. The van der Waals surface area contributed by atoms with Crippen LogP contribution >= 0.6 is 0 Å². The van der Waals surface area contributed by atoms with Gasteiger partial charge in [0.1, 0.15) is 0 Å². The smallest absolute Gasteiger partial charge is 0.253 e. The van der Waals surface area contributed by atoms with Crippen molar-refractivity contribution < 1.29 is 4.79 Å². The van der Waals surface area contributed by atoms with E-state index in [1.54, 1.807) is 6.20 Å². The first-order valence-corrected chi connectivity index (χ1v) is 7.89. The monoisotopic (exact) mass is 298 g/mol. The molecule has 0 spiro atoms. The van der Waals surface area contributed by atoms with Crippen LogP contribution in [0.3, 0.4) is 0 Å². The number of nitrogens with one attached hydrogen (secondary N) is 1. The molecule has 1 aliphatic rings. The van der Waals surface area contributed by atoms with Crippen molar-refractivity contribution in [2.45, 2.75) is 25.9 Å². The Morgan fingerprint density at radius 3 is 2.64 bits per heavy atom. The summed E-state index contributed by atoms with van der Waals surface area (Å²) in [4.78, 5) is 14.2. The Morgan fingerprint density at radius 2 is 1.95 bits per heavy atom. The molecular weight excluding hydrogens is 276 g/mol. The molecule has 0 aliphatic carbocycles. The third-order valence-electron chi connectivity index (χ3n) is 4.00. The van der Waals surface area contributed by atoms with Crippen molar-refractivity contribution in [2.75, 3.05) is 19.6 Å². The molecule has 0 bridgehead atoms. The molecule has 2 aromatic rings. The van der Waals surface area contributed by atoms with Crippen LogP contribution in [0, 0.1) is 0 Å². The fourth-order valence-corrected chi connectivity index (χ4v) is 2.73. The van der Waals surface area contributed by atoms with Gasteiger partial charge in [0.05, 0.1) is 6.54 Å². The molecule has 22 heavy (non-hydrogen) atoms. The molecule has 0 unspecified atom stereocenters. The Labute approximate surface area is 130 Å². The van der Waals surface area contributed by atoms with E-state index in [1.165, 1.54) is 5.56 Å². The zero-order valence-electron chi connectivity index (χ0n) is 12.7. The molecule has 5 heteroatoms. The Bertz CT molecular complexity index is 586. The van der Waals surface area contributed by atoms with Gasteiger partial charge in [-0.1, -0.05) is 12.1 Å². The van der Waals surface area contributed by atoms with E-state index in [9.17, 15) is 4.79 Å². The summed E-state index contributed by atoms with van der Waals surface area (Å²) < 4.78 is 1.91. The normalized spacial score (nSPS) is 14.5. The molecule has 2 heterocycles. The maximum absolute atomic E-state index is 12.3. The van der Waals surface area contributed by atoms with Gasteiger partial charge in [-0.3, -0.25) is 9.48 Å². The van der Waals surface area contributed by atoms with Crippen molar-refractivity contribution in [2.24, 2.45) is 0 Å². The van der Waals surface area contributed by atoms with Crippen LogP contribution in [0.1, 0.15) is 28.8 Å². The highest BCUT2D eigenvalue weighted by atomic mass is 16.2. The summed E-state index contributed by atoms with van der Waals surface area (Å²) in [5.41, 5.74) is 1.99. The van der Waals surface area contributed by atoms with Crippen LogP contribution in [0.4, 0.5) is 0 Å². The summed E-state index contributed by atoms with van der Waals surface area (Å²) in [5, 5.41) is 7.55. The first-order valence-electron chi connectivity index (χ1n) is 7.89. The van der Waals surface area contributed by atoms with Crippen LogP contribution in [-0.2, 0) is 13.1 Å². The topological polar surface area (TPSA) is 50.2 Å². The van der Waals surface area contributed by atoms with E-state index in [-0.39, 0.29) is 5.91 Å². The van der Waals surface area contributed by atoms with Gasteiger partial charge in [0.15, 0.2) is 0 Å². The number of likely N-dealkylation sites (tertiary alicyclic amines) is 1. The highest BCUT2D eigenvalue weighted by Crippen LogP contribution is 2.13. The second kappa shape index (κ2) is 7.22. The van der Waals surface area contributed by atoms with Gasteiger partial charge in [0.25, 0.3) is 5.91 Å². The van der Waals surface area contributed by atoms with E-state index >= 15 is 0 Å². The summed E-state index contributed by atoms with van der Waals surface area (Å²) in [6, 6.07) is 9.86. The van der Waals surface area contributed by atoms with Gasteiger partial charge >= 0.3 is 0 Å². The van der Waals surface area contributed by atoms with Gasteiger partial charge in [-0.25, -0.2) is 0 Å². The second-order valence-electron chi connectivity index (χ2n) is 5.64. The molecule has 1 fully saturated rings. The minimum atomic E-state index is 0.163. The molecule has 1 aromatic heterocycles. The Balaban J connectivity index is 1.45. The van der Waals surface area contributed by atoms with E-state index in [0.29, 0.717) is 0 Å². The van der Waals surface area contributed by atoms with Gasteiger partial charge in [0.2, 0.25) is 0 Å². The lowest BCUT2D eigenvalue weighted by Crippen LogP contribution is -2.27. The molecule has 1 aliphatic heterocycles. The number of rotatable bonds is 6. The molecule has 0 atom stereocenters. The van der Waals surface area contributed by atoms with Gasteiger partial charge in [-0.05, 0) is 36.6 Å². The standard InChI is InChI=1S/C17H22N4O/c22-17(20-10-1-2-11-20)16-6-4-15(5-7-16)14-18-9-13-21-12-3-8-19-21/h3-8,12,18H,1-2,9-11,13-14H2. The highest BCUT2D eigenvalue weighted by molar-refractivity contribution is 5.94. The lowest BCUT2D eigenvalue weighted by molar-refractivity contribution is 0.0793. The lowest BCUT2D eigenvalue weighted by atomic mass is 10.1. The third-order valence-corrected chi connectivity index (χ3v) is 4.00. The molecular formula is C17H22N4O. The number of carbonyl (C=O) groups excluding carboxylic acids is 1. The highest BCUT2D eigenvalue weighted by Gasteiger charge is 2.18. The van der Waals surface area contributed by atoms with Crippen molar-refractivity contribution in [3.63, 3.8) is 0 Å². The third kappa shape index (κ3) is 3.74. The maximum atomic E-state index is 12.3. The molecule has 1 aromatic carbocycles. The molecule has 3 rings (SSSR count). The van der Waals surface area contributed by atoms with Crippen LogP contribution in [0.25, 0.3) is 0 Å². The average molecular weight is 298 g/mol. The van der Waals surface area contributed by atoms with Gasteiger partial charge in [0, 0.05) is 44.1 Å². The fraction of sp³-hybridized carbons (Fsp3) is 0.412. The van der Waals surface area contributed by atoms with Crippen LogP contribution in [0.5, 0.6) is 0 Å². The Hall–Kier alpha value is -2.14. The zero-order valence-corrected chi connectivity index (χ0v) is 12.7. The van der Waals surface area contributed by atoms with Crippen LogP contribution in [0.2, 0.25) is 0 Å².